The van der Waals surface area contributed by atoms with E-state index in [1.807, 2.05) is 13.8 Å². The summed E-state index contributed by atoms with van der Waals surface area (Å²) in [5, 5.41) is 8.69. The van der Waals surface area contributed by atoms with E-state index in [1.54, 1.807) is 24.3 Å². The van der Waals surface area contributed by atoms with Gasteiger partial charge in [-0.25, -0.2) is 0 Å². The predicted octanol–water partition coefficient (Wildman–Crippen LogP) is 1.59. The molecule has 1 aromatic rings. The van der Waals surface area contributed by atoms with E-state index in [1.165, 1.54) is 4.90 Å². The van der Waals surface area contributed by atoms with E-state index in [4.69, 9.17) is 10.8 Å². The lowest BCUT2D eigenvalue weighted by atomic mass is 10.1. The predicted molar refractivity (Wildman–Crippen MR) is 69.3 cm³/mol. The first kappa shape index (κ1) is 14.0. The summed E-state index contributed by atoms with van der Waals surface area (Å²) < 4.78 is 0. The highest BCUT2D eigenvalue weighted by atomic mass is 16.4. The summed E-state index contributed by atoms with van der Waals surface area (Å²) in [6.07, 6.45) is -0.0728. The molecule has 1 aromatic carbocycles. The Morgan fingerprint density at radius 3 is 2.44 bits per heavy atom. The van der Waals surface area contributed by atoms with Crippen molar-refractivity contribution in [1.82, 2.24) is 4.90 Å². The van der Waals surface area contributed by atoms with Crippen molar-refractivity contribution < 1.29 is 14.7 Å². The Bertz CT molecular complexity index is 444. The Morgan fingerprint density at radius 1 is 1.33 bits per heavy atom. The summed E-state index contributed by atoms with van der Waals surface area (Å²) in [5.41, 5.74) is 6.57. The van der Waals surface area contributed by atoms with Gasteiger partial charge in [0.15, 0.2) is 0 Å². The minimum Gasteiger partial charge on any atom is -0.481 e. The van der Waals surface area contributed by atoms with E-state index < -0.39 is 5.97 Å². The van der Waals surface area contributed by atoms with Crippen LogP contribution in [0.5, 0.6) is 0 Å². The molecule has 5 nitrogen and oxygen atoms in total. The molecular weight excluding hydrogens is 232 g/mol. The lowest BCUT2D eigenvalue weighted by Crippen LogP contribution is -2.38. The molecule has 0 aromatic heterocycles. The monoisotopic (exact) mass is 250 g/mol. The van der Waals surface area contributed by atoms with Gasteiger partial charge in [-0.1, -0.05) is 12.1 Å². The van der Waals surface area contributed by atoms with Gasteiger partial charge < -0.3 is 15.7 Å². The number of hydrogen-bond donors (Lipinski definition) is 2. The van der Waals surface area contributed by atoms with E-state index in [0.29, 0.717) is 11.3 Å². The fraction of sp³-hybridized carbons (Fsp3) is 0.385. The molecule has 18 heavy (non-hydrogen) atoms. The standard InChI is InChI=1S/C13H18N2O3/c1-9(2)15(8-7-12(16)17)13(18)10-5-3-4-6-11(10)14/h3-6,9H,7-8,14H2,1-2H3,(H,16,17). The largest absolute Gasteiger partial charge is 0.481 e. The molecule has 0 heterocycles. The zero-order valence-electron chi connectivity index (χ0n) is 10.6. The third-order valence-corrected chi connectivity index (χ3v) is 2.64. The van der Waals surface area contributed by atoms with Crippen molar-refractivity contribution in [3.63, 3.8) is 0 Å². The number of hydrogen-bond acceptors (Lipinski definition) is 3. The number of rotatable bonds is 5. The van der Waals surface area contributed by atoms with Gasteiger partial charge in [-0.05, 0) is 26.0 Å². The molecule has 1 amide bonds. The van der Waals surface area contributed by atoms with Crippen LogP contribution in [0.15, 0.2) is 24.3 Å². The maximum absolute atomic E-state index is 12.3. The second-order valence-electron chi connectivity index (χ2n) is 4.32. The Balaban J connectivity index is 2.90. The Kier molecular flexibility index (Phi) is 4.71. The first-order valence-electron chi connectivity index (χ1n) is 5.80. The van der Waals surface area contributed by atoms with Crippen LogP contribution in [0.3, 0.4) is 0 Å². The molecule has 0 radical (unpaired) electrons. The molecule has 0 aliphatic carbocycles. The molecule has 0 aliphatic heterocycles. The van der Waals surface area contributed by atoms with Gasteiger partial charge >= 0.3 is 5.97 Å². The highest BCUT2D eigenvalue weighted by Crippen LogP contribution is 2.15. The van der Waals surface area contributed by atoms with Crippen molar-refractivity contribution in [2.75, 3.05) is 12.3 Å². The van der Waals surface area contributed by atoms with Crippen LogP contribution in [0.1, 0.15) is 30.6 Å². The summed E-state index contributed by atoms with van der Waals surface area (Å²) in [7, 11) is 0. The molecular formula is C13H18N2O3. The number of carboxylic acid groups (broad SMARTS) is 1. The van der Waals surface area contributed by atoms with E-state index in [9.17, 15) is 9.59 Å². The zero-order valence-corrected chi connectivity index (χ0v) is 10.6. The first-order chi connectivity index (χ1) is 8.43. The molecule has 3 N–H and O–H groups in total. The van der Waals surface area contributed by atoms with Crippen LogP contribution < -0.4 is 5.73 Å². The number of benzene rings is 1. The molecule has 0 fully saturated rings. The second kappa shape index (κ2) is 6.05. The minimum atomic E-state index is -0.922. The summed E-state index contributed by atoms with van der Waals surface area (Å²) in [5.74, 6) is -1.15. The van der Waals surface area contributed by atoms with Gasteiger partial charge in [0.25, 0.3) is 5.91 Å². The topological polar surface area (TPSA) is 83.6 Å². The van der Waals surface area contributed by atoms with Crippen molar-refractivity contribution in [3.05, 3.63) is 29.8 Å². The average Bonchev–Trinajstić information content (AvgIpc) is 2.28. The van der Waals surface area contributed by atoms with Gasteiger partial charge in [0.2, 0.25) is 0 Å². The molecule has 0 unspecified atom stereocenters. The molecule has 98 valence electrons. The molecule has 0 atom stereocenters. The first-order valence-corrected chi connectivity index (χ1v) is 5.80. The number of carboxylic acids is 1. The maximum atomic E-state index is 12.3. The van der Waals surface area contributed by atoms with Crippen molar-refractivity contribution in [1.29, 1.82) is 0 Å². The van der Waals surface area contributed by atoms with E-state index >= 15 is 0 Å². The van der Waals surface area contributed by atoms with Gasteiger partial charge in [-0.3, -0.25) is 9.59 Å². The summed E-state index contributed by atoms with van der Waals surface area (Å²) in [4.78, 5) is 24.4. The van der Waals surface area contributed by atoms with Crippen LogP contribution >= 0.6 is 0 Å². The normalized spacial score (nSPS) is 10.4. The van der Waals surface area contributed by atoms with Crippen LogP contribution in [-0.2, 0) is 4.79 Å². The Morgan fingerprint density at radius 2 is 1.94 bits per heavy atom. The smallest absolute Gasteiger partial charge is 0.305 e. The Labute approximate surface area is 106 Å². The van der Waals surface area contributed by atoms with Crippen LogP contribution in [0.2, 0.25) is 0 Å². The summed E-state index contributed by atoms with van der Waals surface area (Å²) >= 11 is 0. The number of amides is 1. The fourth-order valence-corrected chi connectivity index (χ4v) is 1.66. The lowest BCUT2D eigenvalue weighted by Gasteiger charge is -2.26. The minimum absolute atomic E-state index is 0.0727. The van der Waals surface area contributed by atoms with E-state index in [0.717, 1.165) is 0 Å². The van der Waals surface area contributed by atoms with Crippen LogP contribution in [0.25, 0.3) is 0 Å². The highest BCUT2D eigenvalue weighted by molar-refractivity contribution is 5.99. The second-order valence-corrected chi connectivity index (χ2v) is 4.32. The van der Waals surface area contributed by atoms with Gasteiger partial charge in [0.1, 0.15) is 0 Å². The van der Waals surface area contributed by atoms with Gasteiger partial charge in [-0.15, -0.1) is 0 Å². The molecule has 0 saturated heterocycles. The zero-order chi connectivity index (χ0) is 13.7. The summed E-state index contributed by atoms with van der Waals surface area (Å²) in [6, 6.07) is 6.72. The maximum Gasteiger partial charge on any atom is 0.305 e. The number of anilines is 1. The van der Waals surface area contributed by atoms with Crippen LogP contribution in [-0.4, -0.2) is 34.5 Å². The number of para-hydroxylation sites is 1. The molecule has 0 aliphatic rings. The van der Waals surface area contributed by atoms with Crippen LogP contribution in [0.4, 0.5) is 5.69 Å². The molecule has 1 rings (SSSR count). The highest BCUT2D eigenvalue weighted by Gasteiger charge is 2.20. The van der Waals surface area contributed by atoms with Crippen molar-refractivity contribution in [2.45, 2.75) is 26.3 Å². The average molecular weight is 250 g/mol. The molecule has 5 heteroatoms. The van der Waals surface area contributed by atoms with Crippen molar-refractivity contribution in [2.24, 2.45) is 0 Å². The van der Waals surface area contributed by atoms with Gasteiger partial charge in [-0.2, -0.15) is 0 Å². The quantitative estimate of drug-likeness (QED) is 0.777. The molecule has 0 bridgehead atoms. The molecule has 0 spiro atoms. The van der Waals surface area contributed by atoms with E-state index in [2.05, 4.69) is 0 Å². The number of nitrogens with zero attached hydrogens (tertiary/aromatic N) is 1. The number of carbonyl (C=O) groups excluding carboxylic acids is 1. The summed E-state index contributed by atoms with van der Waals surface area (Å²) in [6.45, 7) is 3.87. The number of aliphatic carboxylic acids is 1. The number of carbonyl (C=O) groups is 2. The lowest BCUT2D eigenvalue weighted by molar-refractivity contribution is -0.137. The van der Waals surface area contributed by atoms with E-state index in [-0.39, 0.29) is 24.9 Å². The Hall–Kier alpha value is -2.04. The number of nitrogen functional groups attached to an aromatic ring is 1. The fourth-order valence-electron chi connectivity index (χ4n) is 1.66. The third kappa shape index (κ3) is 3.48. The van der Waals surface area contributed by atoms with Crippen molar-refractivity contribution in [3.8, 4) is 0 Å². The number of nitrogens with two attached hydrogens (primary N) is 1. The van der Waals surface area contributed by atoms with Gasteiger partial charge in [0.05, 0.1) is 12.0 Å². The SMILES string of the molecule is CC(C)N(CCC(=O)O)C(=O)c1ccccc1N. The van der Waals surface area contributed by atoms with Gasteiger partial charge in [0, 0.05) is 18.3 Å². The van der Waals surface area contributed by atoms with Crippen LogP contribution in [0, 0.1) is 0 Å². The third-order valence-electron chi connectivity index (χ3n) is 2.64. The van der Waals surface area contributed by atoms with Crippen molar-refractivity contribution >= 4 is 17.6 Å². The molecule has 0 saturated carbocycles.